The molecule has 46 heavy (non-hydrogen) atoms. The minimum atomic E-state index is -1.21. The summed E-state index contributed by atoms with van der Waals surface area (Å²) < 4.78 is 17.9. The van der Waals surface area contributed by atoms with E-state index in [0.29, 0.717) is 51.4 Å². The number of nitrogens with zero attached hydrogens (tertiary/aromatic N) is 5. The Kier molecular flexibility index (Phi) is 7.18. The number of aromatic carboxylic acids is 1. The predicted octanol–water partition coefficient (Wildman–Crippen LogP) is 6.92. The van der Waals surface area contributed by atoms with Crippen LogP contribution in [0.2, 0.25) is 0 Å². The van der Waals surface area contributed by atoms with E-state index in [4.69, 9.17) is 13.8 Å². The minimum absolute atomic E-state index is 0.110. The molecule has 0 fully saturated rings. The van der Waals surface area contributed by atoms with Crippen molar-refractivity contribution in [2.24, 2.45) is 0 Å². The summed E-state index contributed by atoms with van der Waals surface area (Å²) in [6, 6.07) is 28.9. The van der Waals surface area contributed by atoms with Crippen molar-refractivity contribution in [3.8, 4) is 45.4 Å². The Labute approximate surface area is 261 Å². The largest absolute Gasteiger partial charge is 0.478 e. The van der Waals surface area contributed by atoms with Gasteiger partial charge >= 0.3 is 5.97 Å². The quantitative estimate of drug-likeness (QED) is 0.192. The van der Waals surface area contributed by atoms with E-state index in [0.717, 1.165) is 28.3 Å². The standard InChI is InChI=1S/C35H25N5O6/c1-20-36-33(38-45-20)24-6-5-7-25(16-24)44-26-14-15-31-29(17-26)30(35(42)43)18-32(41)40(31)19-22-10-12-23(13-11-22)27-8-3-4-9-28(27)34-37-21(2)46-39-34/h3-18H,19H2,1-2H3,(H,42,43). The molecule has 0 amide bonds. The van der Waals surface area contributed by atoms with Crippen LogP contribution in [-0.4, -0.2) is 35.9 Å². The second-order valence-electron chi connectivity index (χ2n) is 10.6. The first kappa shape index (κ1) is 28.4. The third kappa shape index (κ3) is 5.52. The normalized spacial score (nSPS) is 11.2. The van der Waals surface area contributed by atoms with Crippen molar-refractivity contribution in [3.63, 3.8) is 0 Å². The highest BCUT2D eigenvalue weighted by Gasteiger charge is 2.17. The lowest BCUT2D eigenvalue weighted by molar-refractivity contribution is 0.0698. The molecule has 0 unspecified atom stereocenters. The number of aromatic nitrogens is 5. The van der Waals surface area contributed by atoms with E-state index in [1.165, 1.54) is 0 Å². The van der Waals surface area contributed by atoms with E-state index in [1.54, 1.807) is 54.8 Å². The number of benzene rings is 4. The van der Waals surface area contributed by atoms with Crippen LogP contribution in [0.5, 0.6) is 11.5 Å². The van der Waals surface area contributed by atoms with Crippen LogP contribution in [0.25, 0.3) is 44.8 Å². The Balaban J connectivity index is 1.20. The molecule has 0 aliphatic rings. The molecule has 11 heteroatoms. The molecule has 0 spiro atoms. The van der Waals surface area contributed by atoms with Crippen molar-refractivity contribution in [1.82, 2.24) is 24.8 Å². The van der Waals surface area contributed by atoms with E-state index >= 15 is 0 Å². The van der Waals surface area contributed by atoms with Crippen LogP contribution < -0.4 is 10.3 Å². The average molecular weight is 612 g/mol. The van der Waals surface area contributed by atoms with Gasteiger partial charge in [-0.2, -0.15) is 9.97 Å². The van der Waals surface area contributed by atoms with Crippen molar-refractivity contribution >= 4 is 16.9 Å². The molecule has 0 aliphatic carbocycles. The van der Waals surface area contributed by atoms with Crippen LogP contribution in [0.3, 0.4) is 0 Å². The molecule has 0 saturated carbocycles. The fourth-order valence-corrected chi connectivity index (χ4v) is 5.33. The Morgan fingerprint density at radius 2 is 1.46 bits per heavy atom. The maximum atomic E-state index is 13.2. The van der Waals surface area contributed by atoms with Crippen molar-refractivity contribution in [1.29, 1.82) is 0 Å². The highest BCUT2D eigenvalue weighted by atomic mass is 16.5. The molecule has 0 aliphatic heterocycles. The van der Waals surface area contributed by atoms with Crippen molar-refractivity contribution in [2.45, 2.75) is 20.4 Å². The van der Waals surface area contributed by atoms with Gasteiger partial charge in [-0.25, -0.2) is 4.79 Å². The molecule has 0 atom stereocenters. The summed E-state index contributed by atoms with van der Waals surface area (Å²) >= 11 is 0. The second kappa shape index (κ2) is 11.6. The molecule has 3 heterocycles. The first-order valence-corrected chi connectivity index (χ1v) is 14.3. The van der Waals surface area contributed by atoms with Gasteiger partial charge in [0.1, 0.15) is 11.5 Å². The zero-order valence-corrected chi connectivity index (χ0v) is 24.7. The fraction of sp³-hybridized carbons (Fsp3) is 0.0857. The topological polar surface area (TPSA) is 146 Å². The SMILES string of the molecule is Cc1nc(-c2cccc(Oc3ccc4c(c3)c(C(=O)O)cc(=O)n4Cc3ccc(-c4ccccc4-c4noc(C)n4)cc3)c2)no1. The predicted molar refractivity (Wildman–Crippen MR) is 169 cm³/mol. The lowest BCUT2D eigenvalue weighted by Gasteiger charge is -2.15. The van der Waals surface area contributed by atoms with Gasteiger partial charge in [-0.1, -0.05) is 71.0 Å². The second-order valence-corrected chi connectivity index (χ2v) is 10.6. The third-order valence-electron chi connectivity index (χ3n) is 7.47. The van der Waals surface area contributed by atoms with Crippen molar-refractivity contribution in [3.05, 3.63) is 130 Å². The molecule has 0 radical (unpaired) electrons. The molecule has 0 saturated heterocycles. The number of aryl methyl sites for hydroxylation is 2. The van der Waals surface area contributed by atoms with Gasteiger partial charge in [-0.3, -0.25) is 4.79 Å². The number of carboxylic acid groups (broad SMARTS) is 1. The highest BCUT2D eigenvalue weighted by Crippen LogP contribution is 2.32. The van der Waals surface area contributed by atoms with Crippen LogP contribution in [0, 0.1) is 13.8 Å². The number of carbonyl (C=O) groups is 1. The van der Waals surface area contributed by atoms with Gasteiger partial charge in [0.05, 0.1) is 17.6 Å². The first-order chi connectivity index (χ1) is 22.3. The van der Waals surface area contributed by atoms with Gasteiger partial charge in [-0.05, 0) is 47.0 Å². The number of pyridine rings is 1. The van der Waals surface area contributed by atoms with Gasteiger partial charge in [0.25, 0.3) is 5.56 Å². The summed E-state index contributed by atoms with van der Waals surface area (Å²) in [7, 11) is 0. The van der Waals surface area contributed by atoms with E-state index in [9.17, 15) is 14.7 Å². The number of fused-ring (bicyclic) bond motifs is 1. The van der Waals surface area contributed by atoms with Gasteiger partial charge in [0, 0.05) is 36.4 Å². The Morgan fingerprint density at radius 3 is 2.15 bits per heavy atom. The fourth-order valence-electron chi connectivity index (χ4n) is 5.33. The summed E-state index contributed by atoms with van der Waals surface area (Å²) in [4.78, 5) is 34.0. The lowest BCUT2D eigenvalue weighted by Crippen LogP contribution is -2.22. The van der Waals surface area contributed by atoms with Gasteiger partial charge in [0.15, 0.2) is 0 Å². The maximum absolute atomic E-state index is 13.2. The molecule has 0 bridgehead atoms. The number of hydrogen-bond donors (Lipinski definition) is 1. The summed E-state index contributed by atoms with van der Waals surface area (Å²) in [5, 5.41) is 18.3. The van der Waals surface area contributed by atoms with E-state index in [1.807, 2.05) is 54.6 Å². The number of ether oxygens (including phenoxy) is 1. The van der Waals surface area contributed by atoms with E-state index < -0.39 is 11.5 Å². The molecular formula is C35H25N5O6. The number of hydrogen-bond acceptors (Lipinski definition) is 9. The zero-order valence-electron chi connectivity index (χ0n) is 24.7. The van der Waals surface area contributed by atoms with Crippen molar-refractivity contribution < 1.29 is 23.7 Å². The van der Waals surface area contributed by atoms with Crippen molar-refractivity contribution in [2.75, 3.05) is 0 Å². The average Bonchev–Trinajstić information content (AvgIpc) is 3.70. The van der Waals surface area contributed by atoms with Gasteiger partial charge in [-0.15, -0.1) is 0 Å². The highest BCUT2D eigenvalue weighted by molar-refractivity contribution is 6.03. The van der Waals surface area contributed by atoms with Crippen LogP contribution >= 0.6 is 0 Å². The van der Waals surface area contributed by atoms with Gasteiger partial charge in [0.2, 0.25) is 23.4 Å². The molecule has 3 aromatic heterocycles. The summed E-state index contributed by atoms with van der Waals surface area (Å²) in [6.45, 7) is 3.68. The molecule has 7 aromatic rings. The Morgan fingerprint density at radius 1 is 0.761 bits per heavy atom. The molecule has 1 N–H and O–H groups in total. The zero-order chi connectivity index (χ0) is 31.8. The molecule has 11 nitrogen and oxygen atoms in total. The Bertz CT molecular complexity index is 2300. The molecule has 4 aromatic carbocycles. The van der Waals surface area contributed by atoms with E-state index in [2.05, 4.69) is 20.3 Å². The van der Waals surface area contributed by atoms with Crippen LogP contribution in [0.15, 0.2) is 111 Å². The Hall–Kier alpha value is -6.36. The van der Waals surface area contributed by atoms with Crippen LogP contribution in [0.4, 0.5) is 0 Å². The monoisotopic (exact) mass is 611 g/mol. The molecule has 226 valence electrons. The van der Waals surface area contributed by atoms with Crippen LogP contribution in [-0.2, 0) is 6.54 Å². The lowest BCUT2D eigenvalue weighted by atomic mass is 9.98. The minimum Gasteiger partial charge on any atom is -0.478 e. The third-order valence-corrected chi connectivity index (χ3v) is 7.47. The summed E-state index contributed by atoms with van der Waals surface area (Å²) in [5.41, 5.74) is 4.22. The number of rotatable bonds is 8. The number of carboxylic acids is 1. The van der Waals surface area contributed by atoms with E-state index in [-0.39, 0.29) is 12.1 Å². The molecule has 7 rings (SSSR count). The summed E-state index contributed by atoms with van der Waals surface area (Å²) in [6.07, 6.45) is 0. The molecular weight excluding hydrogens is 586 g/mol. The maximum Gasteiger partial charge on any atom is 0.336 e. The summed E-state index contributed by atoms with van der Waals surface area (Å²) in [5.74, 6) is 1.56. The van der Waals surface area contributed by atoms with Gasteiger partial charge < -0.3 is 23.5 Å². The first-order valence-electron chi connectivity index (χ1n) is 14.3. The van der Waals surface area contributed by atoms with Crippen LogP contribution in [0.1, 0.15) is 27.7 Å². The smallest absolute Gasteiger partial charge is 0.336 e.